The number of esters is 1. The maximum absolute atomic E-state index is 12.0. The van der Waals surface area contributed by atoms with Gasteiger partial charge in [-0.1, -0.05) is 18.6 Å². The number of benzene rings is 1. The van der Waals surface area contributed by atoms with Crippen molar-refractivity contribution in [2.45, 2.75) is 31.9 Å². The van der Waals surface area contributed by atoms with E-state index in [4.69, 9.17) is 10.00 Å². The lowest BCUT2D eigenvalue weighted by molar-refractivity contribution is -0.152. The summed E-state index contributed by atoms with van der Waals surface area (Å²) >= 11 is 0. The van der Waals surface area contributed by atoms with Crippen molar-refractivity contribution in [3.8, 4) is 6.07 Å². The number of piperidine rings is 1. The molecule has 0 spiro atoms. The van der Waals surface area contributed by atoms with Crippen molar-refractivity contribution in [2.75, 3.05) is 13.6 Å². The number of hydrogen-bond donors (Lipinski definition) is 0. The zero-order valence-electron chi connectivity index (χ0n) is 11.1. The maximum Gasteiger partial charge on any atom is 0.323 e. The number of carbonyl (C=O) groups is 1. The Morgan fingerprint density at radius 3 is 2.79 bits per heavy atom. The third kappa shape index (κ3) is 3.55. The Bertz CT molecular complexity index is 476. The third-order valence-electron chi connectivity index (χ3n) is 3.51. The monoisotopic (exact) mass is 258 g/mol. The highest BCUT2D eigenvalue weighted by molar-refractivity contribution is 5.75. The van der Waals surface area contributed by atoms with Gasteiger partial charge >= 0.3 is 5.97 Å². The number of likely N-dealkylation sites (N-methyl/N-ethyl adjacent to an activating group) is 1. The molecule has 4 heteroatoms. The van der Waals surface area contributed by atoms with Crippen molar-refractivity contribution in [1.29, 1.82) is 5.26 Å². The first-order chi connectivity index (χ1) is 9.20. The van der Waals surface area contributed by atoms with E-state index < -0.39 is 0 Å². The Balaban J connectivity index is 1.87. The fourth-order valence-corrected chi connectivity index (χ4v) is 2.30. The van der Waals surface area contributed by atoms with E-state index in [1.54, 1.807) is 12.1 Å². The molecule has 0 aliphatic carbocycles. The zero-order valence-corrected chi connectivity index (χ0v) is 11.1. The summed E-state index contributed by atoms with van der Waals surface area (Å²) in [6, 6.07) is 9.05. The van der Waals surface area contributed by atoms with E-state index >= 15 is 0 Å². The van der Waals surface area contributed by atoms with E-state index in [9.17, 15) is 4.79 Å². The van der Waals surface area contributed by atoms with Crippen LogP contribution >= 0.6 is 0 Å². The highest BCUT2D eigenvalue weighted by Crippen LogP contribution is 2.16. The van der Waals surface area contributed by atoms with Gasteiger partial charge in [0.05, 0.1) is 11.6 Å². The van der Waals surface area contributed by atoms with Crippen molar-refractivity contribution >= 4 is 5.97 Å². The Morgan fingerprint density at radius 1 is 1.42 bits per heavy atom. The molecule has 1 aliphatic rings. The third-order valence-corrected chi connectivity index (χ3v) is 3.51. The van der Waals surface area contributed by atoms with Crippen LogP contribution in [0.25, 0.3) is 0 Å². The molecule has 1 heterocycles. The van der Waals surface area contributed by atoms with Crippen LogP contribution in [0.1, 0.15) is 30.4 Å². The van der Waals surface area contributed by atoms with Gasteiger partial charge < -0.3 is 4.74 Å². The lowest BCUT2D eigenvalue weighted by Crippen LogP contribution is -2.42. The predicted octanol–water partition coefficient (Wildman–Crippen LogP) is 2.09. The highest BCUT2D eigenvalue weighted by Gasteiger charge is 2.26. The second-order valence-corrected chi connectivity index (χ2v) is 4.91. The highest BCUT2D eigenvalue weighted by atomic mass is 16.5. The van der Waals surface area contributed by atoms with Crippen molar-refractivity contribution in [2.24, 2.45) is 0 Å². The fourth-order valence-electron chi connectivity index (χ4n) is 2.30. The van der Waals surface area contributed by atoms with Crippen molar-refractivity contribution in [3.05, 3.63) is 35.4 Å². The van der Waals surface area contributed by atoms with Gasteiger partial charge in [-0.15, -0.1) is 0 Å². The van der Waals surface area contributed by atoms with Gasteiger partial charge in [0, 0.05) is 0 Å². The number of rotatable bonds is 3. The Labute approximate surface area is 113 Å². The Hall–Kier alpha value is -1.86. The van der Waals surface area contributed by atoms with E-state index in [1.165, 1.54) is 0 Å². The molecule has 1 unspecified atom stereocenters. The molecule has 1 aromatic rings. The molecular weight excluding hydrogens is 240 g/mol. The molecule has 1 fully saturated rings. The van der Waals surface area contributed by atoms with E-state index in [0.29, 0.717) is 5.56 Å². The van der Waals surface area contributed by atoms with E-state index in [2.05, 4.69) is 11.0 Å². The molecule has 1 saturated heterocycles. The van der Waals surface area contributed by atoms with E-state index in [1.807, 2.05) is 19.2 Å². The molecule has 100 valence electrons. The number of carbonyl (C=O) groups excluding carboxylic acids is 1. The standard InChI is InChI=1S/C15H18N2O2/c1-17-9-3-2-4-14(17)15(18)19-11-13-7-5-12(10-16)6-8-13/h5-8,14H,2-4,9,11H2,1H3. The average molecular weight is 258 g/mol. The minimum Gasteiger partial charge on any atom is -0.460 e. The van der Waals surface area contributed by atoms with Crippen LogP contribution in [-0.4, -0.2) is 30.5 Å². The molecule has 4 nitrogen and oxygen atoms in total. The zero-order chi connectivity index (χ0) is 13.7. The van der Waals surface area contributed by atoms with E-state index in [0.717, 1.165) is 31.4 Å². The van der Waals surface area contributed by atoms with Crippen LogP contribution in [0.4, 0.5) is 0 Å². The van der Waals surface area contributed by atoms with Crippen molar-refractivity contribution in [3.63, 3.8) is 0 Å². The molecule has 0 radical (unpaired) electrons. The van der Waals surface area contributed by atoms with Gasteiger partial charge in [-0.25, -0.2) is 0 Å². The molecule has 0 aromatic heterocycles. The quantitative estimate of drug-likeness (QED) is 0.779. The number of hydrogen-bond acceptors (Lipinski definition) is 4. The molecule has 1 aromatic carbocycles. The summed E-state index contributed by atoms with van der Waals surface area (Å²) in [7, 11) is 1.97. The largest absolute Gasteiger partial charge is 0.460 e. The summed E-state index contributed by atoms with van der Waals surface area (Å²) in [5.41, 5.74) is 1.52. The number of likely N-dealkylation sites (tertiary alicyclic amines) is 1. The molecule has 1 atom stereocenters. The van der Waals surface area contributed by atoms with E-state index in [-0.39, 0.29) is 18.6 Å². The summed E-state index contributed by atoms with van der Waals surface area (Å²) < 4.78 is 5.35. The molecule has 0 bridgehead atoms. The molecular formula is C15H18N2O2. The minimum atomic E-state index is -0.147. The van der Waals surface area contributed by atoms with Gasteiger partial charge in [0.1, 0.15) is 12.6 Å². The molecule has 1 aliphatic heterocycles. The summed E-state index contributed by atoms with van der Waals surface area (Å²) in [5, 5.41) is 8.71. The SMILES string of the molecule is CN1CCCCC1C(=O)OCc1ccc(C#N)cc1. The summed E-state index contributed by atoms with van der Waals surface area (Å²) in [5.74, 6) is -0.147. The second-order valence-electron chi connectivity index (χ2n) is 4.91. The summed E-state index contributed by atoms with van der Waals surface area (Å²) in [6.07, 6.45) is 3.11. The van der Waals surface area contributed by atoms with Gasteiger partial charge in [0.25, 0.3) is 0 Å². The van der Waals surface area contributed by atoms with Crippen molar-refractivity contribution < 1.29 is 9.53 Å². The molecule has 2 rings (SSSR count). The number of ether oxygens (including phenoxy) is 1. The lowest BCUT2D eigenvalue weighted by Gasteiger charge is -2.30. The van der Waals surface area contributed by atoms with Crippen LogP contribution < -0.4 is 0 Å². The number of nitrogens with zero attached hydrogens (tertiary/aromatic N) is 2. The van der Waals surface area contributed by atoms with Gasteiger partial charge in [0.2, 0.25) is 0 Å². The van der Waals surface area contributed by atoms with Crippen LogP contribution in [0.5, 0.6) is 0 Å². The lowest BCUT2D eigenvalue weighted by atomic mass is 10.0. The summed E-state index contributed by atoms with van der Waals surface area (Å²) in [4.78, 5) is 14.0. The van der Waals surface area contributed by atoms with Crippen LogP contribution in [-0.2, 0) is 16.1 Å². The normalized spacial score (nSPS) is 19.7. The first-order valence-electron chi connectivity index (χ1n) is 6.56. The number of nitriles is 1. The minimum absolute atomic E-state index is 0.105. The predicted molar refractivity (Wildman–Crippen MR) is 71.2 cm³/mol. The fraction of sp³-hybridized carbons (Fsp3) is 0.467. The van der Waals surface area contributed by atoms with Crippen molar-refractivity contribution in [1.82, 2.24) is 4.90 Å². The Morgan fingerprint density at radius 2 is 2.16 bits per heavy atom. The molecule has 0 N–H and O–H groups in total. The van der Waals surface area contributed by atoms with Crippen LogP contribution in [0.3, 0.4) is 0 Å². The van der Waals surface area contributed by atoms with Gasteiger partial charge in [-0.3, -0.25) is 9.69 Å². The second kappa shape index (κ2) is 6.35. The van der Waals surface area contributed by atoms with Crippen LogP contribution in [0.2, 0.25) is 0 Å². The first-order valence-corrected chi connectivity index (χ1v) is 6.56. The maximum atomic E-state index is 12.0. The summed E-state index contributed by atoms with van der Waals surface area (Å²) in [6.45, 7) is 1.23. The molecule has 0 amide bonds. The molecule has 19 heavy (non-hydrogen) atoms. The van der Waals surface area contributed by atoms with Gasteiger partial charge in [-0.05, 0) is 44.1 Å². The van der Waals surface area contributed by atoms with Gasteiger partial charge in [0.15, 0.2) is 0 Å². The average Bonchev–Trinajstić information content (AvgIpc) is 2.46. The first kappa shape index (κ1) is 13.6. The topological polar surface area (TPSA) is 53.3 Å². The van der Waals surface area contributed by atoms with Crippen LogP contribution in [0.15, 0.2) is 24.3 Å². The van der Waals surface area contributed by atoms with Crippen LogP contribution in [0, 0.1) is 11.3 Å². The Kier molecular flexibility index (Phi) is 4.53. The molecule has 0 saturated carbocycles. The smallest absolute Gasteiger partial charge is 0.323 e. The van der Waals surface area contributed by atoms with Gasteiger partial charge in [-0.2, -0.15) is 5.26 Å².